The second kappa shape index (κ2) is 9.46. The second-order valence-electron chi connectivity index (χ2n) is 9.17. The molecule has 1 spiro atoms. The number of anilines is 1. The Balaban J connectivity index is 1.36. The summed E-state index contributed by atoms with van der Waals surface area (Å²) in [6, 6.07) is 14.2. The van der Waals surface area contributed by atoms with Crippen molar-refractivity contribution >= 4 is 22.9 Å². The normalized spacial score (nSPS) is 17.6. The van der Waals surface area contributed by atoms with Gasteiger partial charge in [-0.25, -0.2) is 4.39 Å². The first kappa shape index (κ1) is 23.0. The third-order valence-electron chi connectivity index (χ3n) is 6.96. The number of thiocarbonyl (C=S) groups is 1. The molecule has 2 heterocycles. The van der Waals surface area contributed by atoms with Crippen LogP contribution in [0.5, 0.6) is 0 Å². The topological polar surface area (TPSA) is 54.2 Å². The summed E-state index contributed by atoms with van der Waals surface area (Å²) in [6.45, 7) is 2.38. The van der Waals surface area contributed by atoms with Crippen LogP contribution in [0.1, 0.15) is 43.6 Å². The lowest BCUT2D eigenvalue weighted by atomic mass is 9.57. The fraction of sp³-hybridized carbons (Fsp3) is 0.400. The standard InChI is InChI=1S/C25H25F3N4OS/c26-20-12-16(22-30-31-23(33-22)21(27)28)6-7-17(20)15-32(19-4-2-1-3-5-19)24(34)18-13-25(14-18)8-10-29-11-9-25/h1-7,12,18,21,29H,8-11,13-15H2. The van der Waals surface area contributed by atoms with Gasteiger partial charge in [-0.05, 0) is 68.5 Å². The van der Waals surface area contributed by atoms with Gasteiger partial charge in [0.1, 0.15) is 5.82 Å². The zero-order chi connectivity index (χ0) is 23.7. The van der Waals surface area contributed by atoms with Gasteiger partial charge < -0.3 is 14.6 Å². The van der Waals surface area contributed by atoms with Crippen LogP contribution in [0.25, 0.3) is 11.5 Å². The number of nitrogens with zero attached hydrogens (tertiary/aromatic N) is 3. The molecule has 0 bridgehead atoms. The number of hydrogen-bond acceptors (Lipinski definition) is 5. The highest BCUT2D eigenvalue weighted by atomic mass is 32.1. The van der Waals surface area contributed by atoms with E-state index in [0.717, 1.165) is 36.6 Å². The van der Waals surface area contributed by atoms with Crippen LogP contribution in [0.4, 0.5) is 18.9 Å². The van der Waals surface area contributed by atoms with Crippen molar-refractivity contribution in [2.45, 2.75) is 38.7 Å². The number of aromatic nitrogens is 2. The average molecular weight is 487 g/mol. The molecule has 5 nitrogen and oxygen atoms in total. The Bertz CT molecular complexity index is 1160. The molecule has 9 heteroatoms. The summed E-state index contributed by atoms with van der Waals surface area (Å²) in [5.74, 6) is -1.12. The maximum Gasteiger partial charge on any atom is 0.314 e. The van der Waals surface area contributed by atoms with E-state index < -0.39 is 18.1 Å². The van der Waals surface area contributed by atoms with Gasteiger partial charge in [-0.1, -0.05) is 36.5 Å². The molecular weight excluding hydrogens is 461 g/mol. The summed E-state index contributed by atoms with van der Waals surface area (Å²) in [5, 5.41) is 10.3. The van der Waals surface area contributed by atoms with E-state index >= 15 is 4.39 Å². The van der Waals surface area contributed by atoms with Crippen LogP contribution in [0.15, 0.2) is 52.9 Å². The summed E-state index contributed by atoms with van der Waals surface area (Å²) in [7, 11) is 0. The number of halogens is 3. The van der Waals surface area contributed by atoms with Crippen LogP contribution in [0.2, 0.25) is 0 Å². The number of benzene rings is 2. The molecule has 1 saturated carbocycles. The lowest BCUT2D eigenvalue weighted by Crippen LogP contribution is -2.50. The van der Waals surface area contributed by atoms with Crippen LogP contribution in [0, 0.1) is 17.2 Å². The highest BCUT2D eigenvalue weighted by molar-refractivity contribution is 7.80. The Kier molecular flexibility index (Phi) is 6.40. The van der Waals surface area contributed by atoms with Crippen molar-refractivity contribution in [3.05, 3.63) is 65.8 Å². The van der Waals surface area contributed by atoms with Gasteiger partial charge >= 0.3 is 6.43 Å². The van der Waals surface area contributed by atoms with Crippen molar-refractivity contribution in [3.8, 4) is 11.5 Å². The molecular formula is C25H25F3N4OS. The Morgan fingerprint density at radius 3 is 2.50 bits per heavy atom. The SMILES string of the molecule is Fc1cc(-c2nnc(C(F)F)o2)ccc1CN(C(=S)C1CC2(CCNCC2)C1)c1ccccc1. The lowest BCUT2D eigenvalue weighted by Gasteiger charge is -2.51. The van der Waals surface area contributed by atoms with Crippen LogP contribution < -0.4 is 10.2 Å². The first-order valence-corrected chi connectivity index (χ1v) is 11.8. The molecule has 0 amide bonds. The molecule has 1 aliphatic heterocycles. The summed E-state index contributed by atoms with van der Waals surface area (Å²) in [6.07, 6.45) is 1.62. The van der Waals surface area contributed by atoms with Crippen molar-refractivity contribution < 1.29 is 17.6 Å². The van der Waals surface area contributed by atoms with E-state index in [1.54, 1.807) is 12.1 Å². The third kappa shape index (κ3) is 4.59. The van der Waals surface area contributed by atoms with E-state index in [2.05, 4.69) is 15.5 Å². The van der Waals surface area contributed by atoms with Crippen LogP contribution in [0.3, 0.4) is 0 Å². The van der Waals surface area contributed by atoms with E-state index in [4.69, 9.17) is 16.6 Å². The molecule has 1 saturated heterocycles. The molecule has 0 radical (unpaired) electrons. The summed E-state index contributed by atoms with van der Waals surface area (Å²) < 4.78 is 45.5. The zero-order valence-corrected chi connectivity index (χ0v) is 19.3. The van der Waals surface area contributed by atoms with Gasteiger partial charge in [0.15, 0.2) is 0 Å². The maximum atomic E-state index is 15.1. The minimum Gasteiger partial charge on any atom is -0.415 e. The number of para-hydroxylation sites is 1. The smallest absolute Gasteiger partial charge is 0.314 e. The zero-order valence-electron chi connectivity index (χ0n) is 18.5. The molecule has 178 valence electrons. The van der Waals surface area contributed by atoms with E-state index in [1.165, 1.54) is 18.9 Å². The number of piperidine rings is 1. The first-order valence-electron chi connectivity index (χ1n) is 11.4. The molecule has 2 aliphatic rings. The van der Waals surface area contributed by atoms with Gasteiger partial charge in [-0.2, -0.15) is 8.78 Å². The van der Waals surface area contributed by atoms with Crippen LogP contribution in [-0.2, 0) is 6.54 Å². The number of alkyl halides is 2. The highest BCUT2D eigenvalue weighted by Crippen LogP contribution is 2.52. The molecule has 34 heavy (non-hydrogen) atoms. The van der Waals surface area contributed by atoms with Crippen molar-refractivity contribution in [2.24, 2.45) is 11.3 Å². The molecule has 1 aromatic heterocycles. The molecule has 1 N–H and O–H groups in total. The molecule has 2 aromatic carbocycles. The largest absolute Gasteiger partial charge is 0.415 e. The van der Waals surface area contributed by atoms with E-state index in [9.17, 15) is 8.78 Å². The first-order chi connectivity index (χ1) is 16.4. The molecule has 3 aromatic rings. The van der Waals surface area contributed by atoms with Crippen molar-refractivity contribution in [3.63, 3.8) is 0 Å². The van der Waals surface area contributed by atoms with Gasteiger partial charge in [-0.15, -0.1) is 10.2 Å². The molecule has 5 rings (SSSR count). The van der Waals surface area contributed by atoms with Crippen molar-refractivity contribution in [1.29, 1.82) is 0 Å². The Morgan fingerprint density at radius 2 is 1.85 bits per heavy atom. The summed E-state index contributed by atoms with van der Waals surface area (Å²) >= 11 is 5.94. The fourth-order valence-corrected chi connectivity index (χ4v) is 5.41. The minimum atomic E-state index is -2.87. The number of nitrogens with one attached hydrogen (secondary N) is 1. The highest BCUT2D eigenvalue weighted by Gasteiger charge is 2.47. The maximum absolute atomic E-state index is 15.1. The molecule has 2 fully saturated rings. The van der Waals surface area contributed by atoms with Gasteiger partial charge in [0.25, 0.3) is 5.89 Å². The van der Waals surface area contributed by atoms with Gasteiger partial charge in [-0.3, -0.25) is 0 Å². The summed E-state index contributed by atoms with van der Waals surface area (Å²) in [4.78, 5) is 2.84. The Morgan fingerprint density at radius 1 is 1.12 bits per heavy atom. The average Bonchev–Trinajstić information content (AvgIpc) is 3.33. The second-order valence-corrected chi connectivity index (χ2v) is 9.59. The summed E-state index contributed by atoms with van der Waals surface area (Å²) in [5.41, 5.74) is 2.00. The minimum absolute atomic E-state index is 0.141. The predicted octanol–water partition coefficient (Wildman–Crippen LogP) is 5.93. The van der Waals surface area contributed by atoms with Gasteiger partial charge in [0.05, 0.1) is 11.5 Å². The lowest BCUT2D eigenvalue weighted by molar-refractivity contribution is 0.0550. The van der Waals surface area contributed by atoms with E-state index in [0.29, 0.717) is 16.9 Å². The number of hydrogen-bond donors (Lipinski definition) is 1. The van der Waals surface area contributed by atoms with E-state index in [1.807, 2.05) is 35.2 Å². The molecule has 1 aliphatic carbocycles. The van der Waals surface area contributed by atoms with E-state index in [-0.39, 0.29) is 18.0 Å². The number of rotatable bonds is 6. The van der Waals surface area contributed by atoms with Crippen molar-refractivity contribution in [1.82, 2.24) is 15.5 Å². The Labute approximate surface area is 201 Å². The third-order valence-corrected chi connectivity index (χ3v) is 7.52. The van der Waals surface area contributed by atoms with Crippen molar-refractivity contribution in [2.75, 3.05) is 18.0 Å². The van der Waals surface area contributed by atoms with Gasteiger partial charge in [0, 0.05) is 22.7 Å². The van der Waals surface area contributed by atoms with Gasteiger partial charge in [0.2, 0.25) is 5.89 Å². The quantitative estimate of drug-likeness (QED) is 0.436. The molecule has 0 unspecified atom stereocenters. The predicted molar refractivity (Wildman–Crippen MR) is 127 cm³/mol. The van der Waals surface area contributed by atoms with Crippen LogP contribution in [-0.4, -0.2) is 28.3 Å². The molecule has 0 atom stereocenters. The fourth-order valence-electron chi connectivity index (χ4n) is 5.07. The van der Waals surface area contributed by atoms with Crippen LogP contribution >= 0.6 is 12.2 Å². The Hall–Kier alpha value is -2.78. The monoisotopic (exact) mass is 486 g/mol.